The summed E-state index contributed by atoms with van der Waals surface area (Å²) in [6.07, 6.45) is 4.59. The van der Waals surface area contributed by atoms with Crippen LogP contribution in [0.25, 0.3) is 11.5 Å². The van der Waals surface area contributed by atoms with Crippen molar-refractivity contribution in [1.29, 1.82) is 0 Å². The highest BCUT2D eigenvalue weighted by atomic mass is 16.5. The van der Waals surface area contributed by atoms with Crippen molar-refractivity contribution < 1.29 is 13.9 Å². The molecule has 1 N–H and O–H groups in total. The van der Waals surface area contributed by atoms with E-state index >= 15 is 0 Å². The summed E-state index contributed by atoms with van der Waals surface area (Å²) < 4.78 is 11.3. The molecule has 1 aromatic heterocycles. The SMILES string of the molecule is COc1ccc(-c2nc(CN3CCCC[C@H]3CCNC(C)=O)c(C)o2)cc1C. The highest BCUT2D eigenvalue weighted by Gasteiger charge is 2.24. The van der Waals surface area contributed by atoms with Crippen molar-refractivity contribution in [2.24, 2.45) is 0 Å². The first-order valence-corrected chi connectivity index (χ1v) is 10.1. The first-order chi connectivity index (χ1) is 13.5. The number of carbonyl (C=O) groups excluding carboxylic acids is 1. The molecule has 1 aliphatic heterocycles. The number of aryl methyl sites for hydroxylation is 2. The van der Waals surface area contributed by atoms with Gasteiger partial charge in [-0.05, 0) is 63.4 Å². The van der Waals surface area contributed by atoms with Crippen LogP contribution in [0.2, 0.25) is 0 Å². The Hall–Kier alpha value is -2.34. The van der Waals surface area contributed by atoms with Gasteiger partial charge in [-0.1, -0.05) is 6.42 Å². The van der Waals surface area contributed by atoms with E-state index in [-0.39, 0.29) is 5.91 Å². The number of rotatable bonds is 7. The molecule has 0 spiro atoms. The van der Waals surface area contributed by atoms with Crippen LogP contribution in [0.4, 0.5) is 0 Å². The number of hydrogen-bond donors (Lipinski definition) is 1. The van der Waals surface area contributed by atoms with Gasteiger partial charge in [0.1, 0.15) is 11.5 Å². The molecule has 0 radical (unpaired) electrons. The van der Waals surface area contributed by atoms with E-state index in [1.54, 1.807) is 14.0 Å². The van der Waals surface area contributed by atoms with Gasteiger partial charge in [-0.3, -0.25) is 9.69 Å². The summed E-state index contributed by atoms with van der Waals surface area (Å²) in [5.74, 6) is 2.43. The zero-order valence-corrected chi connectivity index (χ0v) is 17.4. The summed E-state index contributed by atoms with van der Waals surface area (Å²) in [6, 6.07) is 6.46. The second-order valence-corrected chi connectivity index (χ2v) is 7.60. The molecule has 1 aromatic carbocycles. The van der Waals surface area contributed by atoms with Crippen LogP contribution < -0.4 is 10.1 Å². The third-order valence-electron chi connectivity index (χ3n) is 5.49. The van der Waals surface area contributed by atoms with Gasteiger partial charge in [-0.25, -0.2) is 4.98 Å². The van der Waals surface area contributed by atoms with Crippen molar-refractivity contribution in [2.45, 2.75) is 59.0 Å². The normalized spacial score (nSPS) is 17.5. The number of hydrogen-bond acceptors (Lipinski definition) is 5. The Kier molecular flexibility index (Phi) is 6.73. The van der Waals surface area contributed by atoms with Gasteiger partial charge >= 0.3 is 0 Å². The molecule has 28 heavy (non-hydrogen) atoms. The molecule has 1 aliphatic rings. The number of likely N-dealkylation sites (tertiary alicyclic amines) is 1. The number of nitrogens with zero attached hydrogens (tertiary/aromatic N) is 2. The third-order valence-corrected chi connectivity index (χ3v) is 5.49. The predicted molar refractivity (Wildman–Crippen MR) is 109 cm³/mol. The Morgan fingerprint density at radius 2 is 2.18 bits per heavy atom. The Morgan fingerprint density at radius 3 is 2.89 bits per heavy atom. The van der Waals surface area contributed by atoms with Crippen molar-refractivity contribution in [3.05, 3.63) is 35.2 Å². The molecular formula is C22H31N3O3. The first-order valence-electron chi connectivity index (χ1n) is 10.1. The monoisotopic (exact) mass is 385 g/mol. The van der Waals surface area contributed by atoms with Crippen LogP contribution in [-0.4, -0.2) is 42.0 Å². The van der Waals surface area contributed by atoms with Crippen LogP contribution >= 0.6 is 0 Å². The van der Waals surface area contributed by atoms with E-state index in [4.69, 9.17) is 14.1 Å². The molecule has 1 atom stereocenters. The van der Waals surface area contributed by atoms with Crippen molar-refractivity contribution in [1.82, 2.24) is 15.2 Å². The van der Waals surface area contributed by atoms with Gasteiger partial charge in [-0.15, -0.1) is 0 Å². The summed E-state index contributed by atoms with van der Waals surface area (Å²) in [7, 11) is 1.68. The molecule has 6 heteroatoms. The van der Waals surface area contributed by atoms with E-state index in [2.05, 4.69) is 10.2 Å². The van der Waals surface area contributed by atoms with Gasteiger partial charge in [0.15, 0.2) is 0 Å². The number of methoxy groups -OCH3 is 1. The summed E-state index contributed by atoms with van der Waals surface area (Å²) in [5, 5.41) is 2.92. The smallest absolute Gasteiger partial charge is 0.226 e. The molecule has 6 nitrogen and oxygen atoms in total. The number of benzene rings is 1. The number of aromatic nitrogens is 1. The van der Waals surface area contributed by atoms with Crippen LogP contribution in [0.1, 0.15) is 49.6 Å². The molecule has 0 bridgehead atoms. The molecule has 0 saturated carbocycles. The lowest BCUT2D eigenvalue weighted by Gasteiger charge is -2.35. The Labute approximate surface area is 167 Å². The lowest BCUT2D eigenvalue weighted by molar-refractivity contribution is -0.119. The standard InChI is InChI=1S/C22H31N3O3/c1-15-13-18(8-9-21(15)27-4)22-24-20(16(2)28-22)14-25-12-6-5-7-19(25)10-11-23-17(3)26/h8-9,13,19H,5-7,10-12,14H2,1-4H3,(H,23,26)/t19-/m0/s1. The molecule has 152 valence electrons. The molecule has 2 heterocycles. The maximum absolute atomic E-state index is 11.1. The minimum atomic E-state index is 0.0362. The minimum absolute atomic E-state index is 0.0362. The largest absolute Gasteiger partial charge is 0.496 e. The Balaban J connectivity index is 1.71. The fourth-order valence-electron chi connectivity index (χ4n) is 3.91. The fraction of sp³-hybridized carbons (Fsp3) is 0.545. The van der Waals surface area contributed by atoms with E-state index in [9.17, 15) is 4.79 Å². The van der Waals surface area contributed by atoms with Crippen LogP contribution in [0, 0.1) is 13.8 Å². The van der Waals surface area contributed by atoms with Crippen molar-refractivity contribution in [2.75, 3.05) is 20.2 Å². The molecular weight excluding hydrogens is 354 g/mol. The second kappa shape index (κ2) is 9.24. The second-order valence-electron chi connectivity index (χ2n) is 7.60. The molecule has 1 fully saturated rings. The summed E-state index contributed by atoms with van der Waals surface area (Å²) >= 11 is 0. The van der Waals surface area contributed by atoms with Crippen molar-refractivity contribution in [3.8, 4) is 17.2 Å². The van der Waals surface area contributed by atoms with Crippen molar-refractivity contribution >= 4 is 5.91 Å². The van der Waals surface area contributed by atoms with Gasteiger partial charge in [0, 0.05) is 31.6 Å². The Bertz CT molecular complexity index is 815. The first kappa shape index (κ1) is 20.4. The number of amides is 1. The fourth-order valence-corrected chi connectivity index (χ4v) is 3.91. The van der Waals surface area contributed by atoms with Crippen LogP contribution in [-0.2, 0) is 11.3 Å². The molecule has 1 amide bonds. The third kappa shape index (κ3) is 4.93. The van der Waals surface area contributed by atoms with Gasteiger partial charge in [-0.2, -0.15) is 0 Å². The molecule has 1 saturated heterocycles. The number of carbonyl (C=O) groups is 1. The minimum Gasteiger partial charge on any atom is -0.496 e. The lowest BCUT2D eigenvalue weighted by Crippen LogP contribution is -2.41. The quantitative estimate of drug-likeness (QED) is 0.784. The number of oxazole rings is 1. The zero-order chi connectivity index (χ0) is 20.1. The lowest BCUT2D eigenvalue weighted by atomic mass is 9.99. The van der Waals surface area contributed by atoms with E-state index < -0.39 is 0 Å². The average molecular weight is 386 g/mol. The maximum Gasteiger partial charge on any atom is 0.226 e. The Morgan fingerprint density at radius 1 is 1.36 bits per heavy atom. The highest BCUT2D eigenvalue weighted by molar-refractivity contribution is 5.72. The summed E-state index contributed by atoms with van der Waals surface area (Å²) in [4.78, 5) is 18.4. The number of piperidine rings is 1. The van der Waals surface area contributed by atoms with Crippen molar-refractivity contribution in [3.63, 3.8) is 0 Å². The number of ether oxygens (including phenoxy) is 1. The maximum atomic E-state index is 11.1. The van der Waals surface area contributed by atoms with Gasteiger partial charge < -0.3 is 14.5 Å². The topological polar surface area (TPSA) is 67.6 Å². The van der Waals surface area contributed by atoms with E-state index in [0.29, 0.717) is 11.9 Å². The van der Waals surface area contributed by atoms with Crippen LogP contribution in [0.15, 0.2) is 22.6 Å². The van der Waals surface area contributed by atoms with Gasteiger partial charge in [0.2, 0.25) is 11.8 Å². The zero-order valence-electron chi connectivity index (χ0n) is 17.4. The summed E-state index contributed by atoms with van der Waals surface area (Å²) in [5.41, 5.74) is 3.02. The van der Waals surface area contributed by atoms with Gasteiger partial charge in [0.05, 0.1) is 12.8 Å². The average Bonchev–Trinajstić information content (AvgIpc) is 3.03. The summed E-state index contributed by atoms with van der Waals surface area (Å²) in [6.45, 7) is 8.15. The van der Waals surface area contributed by atoms with E-state index in [1.165, 1.54) is 19.3 Å². The van der Waals surface area contributed by atoms with Gasteiger partial charge in [0.25, 0.3) is 0 Å². The van der Waals surface area contributed by atoms with E-state index in [0.717, 1.165) is 54.4 Å². The van der Waals surface area contributed by atoms with E-state index in [1.807, 2.05) is 32.0 Å². The van der Waals surface area contributed by atoms with Crippen LogP contribution in [0.5, 0.6) is 5.75 Å². The molecule has 0 unspecified atom stereocenters. The molecule has 3 rings (SSSR count). The predicted octanol–water partition coefficient (Wildman–Crippen LogP) is 3.85. The highest BCUT2D eigenvalue weighted by Crippen LogP contribution is 2.28. The molecule has 2 aromatic rings. The molecule has 0 aliphatic carbocycles. The van der Waals surface area contributed by atoms with Crippen LogP contribution in [0.3, 0.4) is 0 Å². The number of nitrogens with one attached hydrogen (secondary N) is 1.